The molecular formula is C14H9F3N4O. The molecule has 0 spiro atoms. The second kappa shape index (κ2) is 5.47. The van der Waals surface area contributed by atoms with E-state index in [4.69, 9.17) is 4.42 Å². The molecule has 5 nitrogen and oxygen atoms in total. The smallest absolute Gasteiger partial charge is 0.416 e. The molecule has 1 aromatic carbocycles. The molecule has 0 aliphatic carbocycles. The highest BCUT2D eigenvalue weighted by molar-refractivity contribution is 5.77. The van der Waals surface area contributed by atoms with Crippen molar-refractivity contribution >= 4 is 6.21 Å². The van der Waals surface area contributed by atoms with Crippen LogP contribution in [0.2, 0.25) is 0 Å². The molecule has 0 unspecified atom stereocenters. The molecule has 0 radical (unpaired) electrons. The Hall–Kier alpha value is -2.90. The Bertz CT molecular complexity index is 791. The number of hydrogen-bond donors (Lipinski definition) is 0. The SMILES string of the molecule is FC(F)(F)c1cccc(-c2ccc(/C=N\n3cnnc3)o2)c1. The van der Waals surface area contributed by atoms with Crippen LogP contribution in [0.4, 0.5) is 13.2 Å². The maximum Gasteiger partial charge on any atom is 0.416 e. The van der Waals surface area contributed by atoms with E-state index in [-0.39, 0.29) is 0 Å². The van der Waals surface area contributed by atoms with Crippen LogP contribution >= 0.6 is 0 Å². The highest BCUT2D eigenvalue weighted by atomic mass is 19.4. The minimum Gasteiger partial charge on any atom is -0.455 e. The van der Waals surface area contributed by atoms with Gasteiger partial charge < -0.3 is 4.42 Å². The molecule has 3 rings (SSSR count). The zero-order valence-electron chi connectivity index (χ0n) is 11.0. The average molecular weight is 306 g/mol. The van der Waals surface area contributed by atoms with E-state index in [9.17, 15) is 13.2 Å². The lowest BCUT2D eigenvalue weighted by molar-refractivity contribution is -0.137. The largest absolute Gasteiger partial charge is 0.455 e. The molecule has 8 heteroatoms. The molecule has 2 aromatic heterocycles. The summed E-state index contributed by atoms with van der Waals surface area (Å²) in [7, 11) is 0. The lowest BCUT2D eigenvalue weighted by atomic mass is 10.1. The number of rotatable bonds is 3. The van der Waals surface area contributed by atoms with Gasteiger partial charge in [0.15, 0.2) is 0 Å². The summed E-state index contributed by atoms with van der Waals surface area (Å²) in [4.78, 5) is 0. The fraction of sp³-hybridized carbons (Fsp3) is 0.0714. The number of benzene rings is 1. The van der Waals surface area contributed by atoms with Gasteiger partial charge in [-0.15, -0.1) is 10.2 Å². The van der Waals surface area contributed by atoms with E-state index in [1.54, 1.807) is 18.2 Å². The van der Waals surface area contributed by atoms with Crippen LogP contribution in [-0.2, 0) is 6.18 Å². The minimum atomic E-state index is -4.39. The van der Waals surface area contributed by atoms with Crippen LogP contribution in [0.3, 0.4) is 0 Å². The van der Waals surface area contributed by atoms with Crippen molar-refractivity contribution < 1.29 is 17.6 Å². The minimum absolute atomic E-state index is 0.330. The van der Waals surface area contributed by atoms with Crippen molar-refractivity contribution in [3.8, 4) is 11.3 Å². The summed E-state index contributed by atoms with van der Waals surface area (Å²) in [6.07, 6.45) is -0.178. The molecule has 0 saturated carbocycles. The lowest BCUT2D eigenvalue weighted by Gasteiger charge is -2.07. The lowest BCUT2D eigenvalue weighted by Crippen LogP contribution is -2.04. The summed E-state index contributed by atoms with van der Waals surface area (Å²) in [5, 5.41) is 11.2. The highest BCUT2D eigenvalue weighted by Crippen LogP contribution is 2.32. The van der Waals surface area contributed by atoms with Crippen molar-refractivity contribution in [3.05, 3.63) is 60.4 Å². The second-order valence-corrected chi connectivity index (χ2v) is 4.37. The van der Waals surface area contributed by atoms with Gasteiger partial charge in [-0.25, -0.2) is 4.68 Å². The van der Waals surface area contributed by atoms with Gasteiger partial charge in [0, 0.05) is 5.56 Å². The number of aromatic nitrogens is 3. The fourth-order valence-corrected chi connectivity index (χ4v) is 1.80. The Morgan fingerprint density at radius 3 is 2.59 bits per heavy atom. The van der Waals surface area contributed by atoms with Gasteiger partial charge >= 0.3 is 6.18 Å². The first-order valence-corrected chi connectivity index (χ1v) is 6.19. The van der Waals surface area contributed by atoms with Gasteiger partial charge in [0.2, 0.25) is 0 Å². The molecule has 0 fully saturated rings. The number of halogens is 3. The van der Waals surface area contributed by atoms with E-state index in [0.29, 0.717) is 17.1 Å². The molecule has 0 aliphatic heterocycles. The van der Waals surface area contributed by atoms with Crippen molar-refractivity contribution in [2.45, 2.75) is 6.18 Å². The third-order valence-electron chi connectivity index (χ3n) is 2.83. The van der Waals surface area contributed by atoms with Crippen molar-refractivity contribution in [1.29, 1.82) is 0 Å². The Morgan fingerprint density at radius 1 is 1.09 bits per heavy atom. The summed E-state index contributed by atoms with van der Waals surface area (Å²) >= 11 is 0. The summed E-state index contributed by atoms with van der Waals surface area (Å²) in [6.45, 7) is 0. The normalized spacial score (nSPS) is 12.1. The Labute approximate surface area is 122 Å². The van der Waals surface area contributed by atoms with Gasteiger partial charge in [-0.05, 0) is 24.3 Å². The van der Waals surface area contributed by atoms with Crippen molar-refractivity contribution in [2.75, 3.05) is 0 Å². The van der Waals surface area contributed by atoms with Crippen LogP contribution in [0.5, 0.6) is 0 Å². The number of hydrogen-bond acceptors (Lipinski definition) is 4. The first kappa shape index (κ1) is 14.1. The summed E-state index contributed by atoms with van der Waals surface area (Å²) < 4.78 is 44.9. The van der Waals surface area contributed by atoms with Gasteiger partial charge in [0.1, 0.15) is 24.2 Å². The third kappa shape index (κ3) is 3.05. The Morgan fingerprint density at radius 2 is 1.86 bits per heavy atom. The molecule has 2 heterocycles. The van der Waals surface area contributed by atoms with E-state index < -0.39 is 11.7 Å². The summed E-state index contributed by atoms with van der Waals surface area (Å²) in [6, 6.07) is 8.15. The van der Waals surface area contributed by atoms with E-state index in [1.807, 2.05) is 0 Å². The maximum atomic E-state index is 12.7. The van der Waals surface area contributed by atoms with E-state index in [1.165, 1.54) is 29.6 Å². The quantitative estimate of drug-likeness (QED) is 0.696. The molecular weight excluding hydrogens is 297 g/mol. The van der Waals surface area contributed by atoms with Crippen LogP contribution in [0.1, 0.15) is 11.3 Å². The van der Waals surface area contributed by atoms with E-state index >= 15 is 0 Å². The van der Waals surface area contributed by atoms with Gasteiger partial charge in [0.25, 0.3) is 0 Å². The third-order valence-corrected chi connectivity index (χ3v) is 2.83. The zero-order chi connectivity index (χ0) is 15.6. The van der Waals surface area contributed by atoms with Crippen LogP contribution in [-0.4, -0.2) is 21.1 Å². The molecule has 0 aliphatic rings. The molecule has 0 N–H and O–H groups in total. The molecule has 0 bridgehead atoms. The van der Waals surface area contributed by atoms with Crippen LogP contribution in [0.15, 0.2) is 58.6 Å². The highest BCUT2D eigenvalue weighted by Gasteiger charge is 2.30. The molecule has 0 saturated heterocycles. The number of alkyl halides is 3. The van der Waals surface area contributed by atoms with Crippen LogP contribution in [0.25, 0.3) is 11.3 Å². The Kier molecular flexibility index (Phi) is 3.50. The first-order valence-electron chi connectivity index (χ1n) is 6.19. The molecule has 22 heavy (non-hydrogen) atoms. The predicted molar refractivity (Wildman–Crippen MR) is 72.2 cm³/mol. The first-order chi connectivity index (χ1) is 10.5. The van der Waals surface area contributed by atoms with Crippen molar-refractivity contribution in [2.24, 2.45) is 5.10 Å². The van der Waals surface area contributed by atoms with Crippen molar-refractivity contribution in [3.63, 3.8) is 0 Å². The van der Waals surface area contributed by atoms with Crippen molar-refractivity contribution in [1.82, 2.24) is 14.9 Å². The van der Waals surface area contributed by atoms with Gasteiger partial charge in [-0.2, -0.15) is 18.3 Å². The number of furan rings is 1. The molecule has 3 aromatic rings. The predicted octanol–water partition coefficient (Wildman–Crippen LogP) is 3.44. The topological polar surface area (TPSA) is 56.2 Å². The van der Waals surface area contributed by atoms with E-state index in [0.717, 1.165) is 12.1 Å². The monoisotopic (exact) mass is 306 g/mol. The van der Waals surface area contributed by atoms with Gasteiger partial charge in [-0.1, -0.05) is 12.1 Å². The molecule has 0 amide bonds. The van der Waals surface area contributed by atoms with E-state index in [2.05, 4.69) is 15.3 Å². The standard InChI is InChI=1S/C14H9F3N4O/c15-14(16,17)11-3-1-2-10(6-11)13-5-4-12(22-13)7-20-21-8-18-19-9-21/h1-9H/b20-7-. The summed E-state index contributed by atoms with van der Waals surface area (Å²) in [5.41, 5.74) is -0.375. The summed E-state index contributed by atoms with van der Waals surface area (Å²) in [5.74, 6) is 0.734. The average Bonchev–Trinajstić information content (AvgIpc) is 3.16. The molecule has 112 valence electrons. The Balaban J connectivity index is 1.85. The van der Waals surface area contributed by atoms with Gasteiger partial charge in [-0.3, -0.25) is 0 Å². The van der Waals surface area contributed by atoms with Gasteiger partial charge in [0.05, 0.1) is 11.8 Å². The second-order valence-electron chi connectivity index (χ2n) is 4.37. The number of nitrogens with zero attached hydrogens (tertiary/aromatic N) is 4. The van der Waals surface area contributed by atoms with Crippen LogP contribution < -0.4 is 0 Å². The fourth-order valence-electron chi connectivity index (χ4n) is 1.80. The van der Waals surface area contributed by atoms with Crippen LogP contribution in [0, 0.1) is 0 Å². The zero-order valence-corrected chi connectivity index (χ0v) is 11.0. The molecule has 0 atom stereocenters. The maximum absolute atomic E-state index is 12.7.